The smallest absolute Gasteiger partial charge is 0.305 e. The van der Waals surface area contributed by atoms with Gasteiger partial charge in [-0.15, -0.1) is 0 Å². The summed E-state index contributed by atoms with van der Waals surface area (Å²) in [4.78, 5) is 11.1. The predicted molar refractivity (Wildman–Crippen MR) is 73.1 cm³/mol. The zero-order chi connectivity index (χ0) is 12.8. The van der Waals surface area contributed by atoms with Crippen LogP contribution in [0.25, 0.3) is 0 Å². The van der Waals surface area contributed by atoms with Gasteiger partial charge in [-0.1, -0.05) is 64.7 Å². The molecule has 17 heavy (non-hydrogen) atoms. The van der Waals surface area contributed by atoms with Gasteiger partial charge in [-0.05, 0) is 13.3 Å². The minimum absolute atomic E-state index is 0.0351. The van der Waals surface area contributed by atoms with Gasteiger partial charge in [-0.25, -0.2) is 0 Å². The maximum atomic E-state index is 11.1. The van der Waals surface area contributed by atoms with Crippen molar-refractivity contribution in [3.63, 3.8) is 0 Å². The molecular weight excluding hydrogens is 212 g/mol. The summed E-state index contributed by atoms with van der Waals surface area (Å²) in [5.41, 5.74) is 0. The molecule has 0 heterocycles. The molecule has 0 unspecified atom stereocenters. The zero-order valence-electron chi connectivity index (χ0n) is 11.8. The maximum Gasteiger partial charge on any atom is 0.305 e. The quantitative estimate of drug-likeness (QED) is 0.361. The number of rotatable bonds is 12. The van der Waals surface area contributed by atoms with Crippen LogP contribution in [0.5, 0.6) is 0 Å². The van der Waals surface area contributed by atoms with Crippen molar-refractivity contribution in [2.75, 3.05) is 6.61 Å². The molecule has 0 radical (unpaired) electrons. The highest BCUT2D eigenvalue weighted by Gasteiger charge is 2.00. The molecule has 0 N–H and O–H groups in total. The Balaban J connectivity index is 3.01. The Morgan fingerprint density at radius 2 is 1.24 bits per heavy atom. The van der Waals surface area contributed by atoms with Gasteiger partial charge >= 0.3 is 5.97 Å². The van der Waals surface area contributed by atoms with E-state index in [-0.39, 0.29) is 5.97 Å². The second-order valence-corrected chi connectivity index (χ2v) is 4.74. The van der Waals surface area contributed by atoms with Gasteiger partial charge in [0.2, 0.25) is 0 Å². The van der Waals surface area contributed by atoms with Crippen LogP contribution in [0, 0.1) is 0 Å². The van der Waals surface area contributed by atoms with Crippen molar-refractivity contribution in [2.45, 2.75) is 84.5 Å². The number of hydrogen-bond donors (Lipinski definition) is 0. The van der Waals surface area contributed by atoms with Crippen molar-refractivity contribution in [1.82, 2.24) is 0 Å². The van der Waals surface area contributed by atoms with Gasteiger partial charge in [0, 0.05) is 6.42 Å². The lowest BCUT2D eigenvalue weighted by Gasteiger charge is -2.02. The van der Waals surface area contributed by atoms with Crippen LogP contribution in [0.1, 0.15) is 84.5 Å². The molecule has 2 heteroatoms. The Kier molecular flexibility index (Phi) is 13.1. The van der Waals surface area contributed by atoms with Crippen molar-refractivity contribution in [2.24, 2.45) is 0 Å². The van der Waals surface area contributed by atoms with Crippen molar-refractivity contribution < 1.29 is 9.53 Å². The van der Waals surface area contributed by atoms with E-state index >= 15 is 0 Å². The molecule has 0 aliphatic rings. The van der Waals surface area contributed by atoms with Crippen LogP contribution >= 0.6 is 0 Å². The Hall–Kier alpha value is -0.530. The molecule has 0 atom stereocenters. The molecule has 0 aromatic heterocycles. The second kappa shape index (κ2) is 13.5. The Morgan fingerprint density at radius 3 is 1.71 bits per heavy atom. The first-order valence-corrected chi connectivity index (χ1v) is 7.46. The normalized spacial score (nSPS) is 10.5. The fraction of sp³-hybridized carbons (Fsp3) is 0.933. The number of unbranched alkanes of at least 4 members (excludes halogenated alkanes) is 9. The predicted octanol–water partition coefficient (Wildman–Crippen LogP) is 4.86. The van der Waals surface area contributed by atoms with Crippen LogP contribution in [-0.2, 0) is 9.53 Å². The van der Waals surface area contributed by atoms with Crippen LogP contribution in [0.4, 0.5) is 0 Å². The molecule has 0 saturated carbocycles. The summed E-state index contributed by atoms with van der Waals surface area (Å²) >= 11 is 0. The van der Waals surface area contributed by atoms with Gasteiger partial charge in [-0.3, -0.25) is 4.79 Å². The second-order valence-electron chi connectivity index (χ2n) is 4.74. The summed E-state index contributed by atoms with van der Waals surface area (Å²) in [5.74, 6) is -0.0351. The number of carbonyl (C=O) groups excluding carboxylic acids is 1. The van der Waals surface area contributed by atoms with Gasteiger partial charge in [-0.2, -0.15) is 0 Å². The fourth-order valence-electron chi connectivity index (χ4n) is 1.99. The van der Waals surface area contributed by atoms with E-state index in [1.54, 1.807) is 0 Å². The third-order valence-corrected chi connectivity index (χ3v) is 3.04. The Labute approximate surface area is 107 Å². The van der Waals surface area contributed by atoms with E-state index in [9.17, 15) is 4.79 Å². The summed E-state index contributed by atoms with van der Waals surface area (Å²) < 4.78 is 4.89. The lowest BCUT2D eigenvalue weighted by Crippen LogP contribution is -2.03. The van der Waals surface area contributed by atoms with Crippen LogP contribution in [0.3, 0.4) is 0 Å². The summed E-state index contributed by atoms with van der Waals surface area (Å²) in [6.07, 6.45) is 13.6. The number of esters is 1. The van der Waals surface area contributed by atoms with Crippen molar-refractivity contribution in [1.29, 1.82) is 0 Å². The topological polar surface area (TPSA) is 26.3 Å². The van der Waals surface area contributed by atoms with E-state index in [2.05, 4.69) is 6.92 Å². The molecule has 0 aliphatic carbocycles. The molecule has 0 spiro atoms. The molecule has 102 valence electrons. The number of carbonyl (C=O) groups is 1. The average molecular weight is 242 g/mol. The van der Waals surface area contributed by atoms with Gasteiger partial charge in [0.25, 0.3) is 0 Å². The van der Waals surface area contributed by atoms with E-state index in [0.717, 1.165) is 6.42 Å². The van der Waals surface area contributed by atoms with Gasteiger partial charge in [0.05, 0.1) is 6.61 Å². The third kappa shape index (κ3) is 13.4. The Bertz CT molecular complexity index is 166. The van der Waals surface area contributed by atoms with Crippen LogP contribution < -0.4 is 0 Å². The van der Waals surface area contributed by atoms with Crippen LogP contribution in [0.2, 0.25) is 0 Å². The third-order valence-electron chi connectivity index (χ3n) is 3.04. The van der Waals surface area contributed by atoms with E-state index in [1.165, 1.54) is 57.8 Å². The van der Waals surface area contributed by atoms with E-state index in [1.807, 2.05) is 6.92 Å². The maximum absolute atomic E-state index is 11.1. The average Bonchev–Trinajstić information content (AvgIpc) is 2.32. The molecule has 0 rings (SSSR count). The highest BCUT2D eigenvalue weighted by Crippen LogP contribution is 2.11. The van der Waals surface area contributed by atoms with E-state index < -0.39 is 0 Å². The minimum atomic E-state index is -0.0351. The summed E-state index contributed by atoms with van der Waals surface area (Å²) in [5, 5.41) is 0. The van der Waals surface area contributed by atoms with Gasteiger partial charge in [0.15, 0.2) is 0 Å². The first kappa shape index (κ1) is 16.5. The van der Waals surface area contributed by atoms with Gasteiger partial charge < -0.3 is 4.74 Å². The molecule has 0 amide bonds. The SMILES string of the molecule is CCCCCCCCCCCCC(=O)OCC. The Morgan fingerprint density at radius 1 is 0.765 bits per heavy atom. The summed E-state index contributed by atoms with van der Waals surface area (Å²) in [7, 11) is 0. The lowest BCUT2D eigenvalue weighted by atomic mass is 10.1. The molecule has 0 aliphatic heterocycles. The highest BCUT2D eigenvalue weighted by atomic mass is 16.5. The standard InChI is InChI=1S/C15H30O2/c1-3-5-6-7-8-9-10-11-12-13-14-15(16)17-4-2/h3-14H2,1-2H3. The van der Waals surface area contributed by atoms with Crippen molar-refractivity contribution in [3.8, 4) is 0 Å². The summed E-state index contributed by atoms with van der Waals surface area (Å²) in [6.45, 7) is 4.62. The van der Waals surface area contributed by atoms with Crippen LogP contribution in [0.15, 0.2) is 0 Å². The zero-order valence-corrected chi connectivity index (χ0v) is 11.8. The van der Waals surface area contributed by atoms with Crippen LogP contribution in [-0.4, -0.2) is 12.6 Å². The fourth-order valence-corrected chi connectivity index (χ4v) is 1.99. The molecule has 0 fully saturated rings. The highest BCUT2D eigenvalue weighted by molar-refractivity contribution is 5.69. The number of hydrogen-bond acceptors (Lipinski definition) is 2. The molecule has 0 aromatic rings. The lowest BCUT2D eigenvalue weighted by molar-refractivity contribution is -0.143. The first-order chi connectivity index (χ1) is 8.31. The van der Waals surface area contributed by atoms with E-state index in [4.69, 9.17) is 4.74 Å². The van der Waals surface area contributed by atoms with Crippen molar-refractivity contribution in [3.05, 3.63) is 0 Å². The molecular formula is C15H30O2. The molecule has 0 bridgehead atoms. The van der Waals surface area contributed by atoms with Crippen molar-refractivity contribution >= 4 is 5.97 Å². The summed E-state index contributed by atoms with van der Waals surface area (Å²) in [6, 6.07) is 0. The monoisotopic (exact) mass is 242 g/mol. The number of ether oxygens (including phenoxy) is 1. The molecule has 0 aromatic carbocycles. The minimum Gasteiger partial charge on any atom is -0.466 e. The first-order valence-electron chi connectivity index (χ1n) is 7.46. The largest absolute Gasteiger partial charge is 0.466 e. The molecule has 0 saturated heterocycles. The van der Waals surface area contributed by atoms with E-state index in [0.29, 0.717) is 13.0 Å². The van der Waals surface area contributed by atoms with Gasteiger partial charge in [0.1, 0.15) is 0 Å². The molecule has 2 nitrogen and oxygen atoms in total.